The van der Waals surface area contributed by atoms with E-state index in [4.69, 9.17) is 20.9 Å². The Morgan fingerprint density at radius 3 is 2.22 bits per heavy atom. The van der Waals surface area contributed by atoms with E-state index in [0.29, 0.717) is 0 Å². The molecule has 1 amide bonds. The topological polar surface area (TPSA) is 178 Å². The second-order valence-corrected chi connectivity index (χ2v) is 3.54. The number of hydrogen-bond acceptors (Lipinski definition) is 6. The molecular weight excluding hydrogens is 248 g/mol. The highest BCUT2D eigenvalue weighted by molar-refractivity contribution is 5.73. The van der Waals surface area contributed by atoms with Crippen LogP contribution in [0.25, 0.3) is 16.0 Å². The van der Waals surface area contributed by atoms with Crippen molar-refractivity contribution in [3.63, 3.8) is 0 Å². The molecule has 5 atom stereocenters. The first-order valence-corrected chi connectivity index (χ1v) is 4.95. The maximum atomic E-state index is 10.7. The third-order valence-corrected chi connectivity index (χ3v) is 2.27. The summed E-state index contributed by atoms with van der Waals surface area (Å²) in [5.41, 5.74) is 13.5. The first-order chi connectivity index (χ1) is 8.38. The second-order valence-electron chi connectivity index (χ2n) is 3.54. The minimum atomic E-state index is -1.45. The minimum absolute atomic E-state index is 0.462. The molecule has 0 aliphatic carbocycles. The van der Waals surface area contributed by atoms with Crippen molar-refractivity contribution >= 4 is 5.91 Å². The van der Waals surface area contributed by atoms with Gasteiger partial charge in [-0.15, -0.1) is 0 Å². The summed E-state index contributed by atoms with van der Waals surface area (Å²) < 4.78 is 4.81. The SMILES string of the molecule is CC(=O)N[C@H]1C(O)O[C@H](CO)[C@@H](O)[C@@H]1O.[N-]=[N+]=[N-]. The number of ether oxygens (including phenoxy) is 1. The summed E-state index contributed by atoms with van der Waals surface area (Å²) in [4.78, 5) is 12.2. The fraction of sp³-hybridized carbons (Fsp3) is 0.875. The highest BCUT2D eigenvalue weighted by atomic mass is 16.6. The lowest BCUT2D eigenvalue weighted by Crippen LogP contribution is -2.63. The molecule has 18 heavy (non-hydrogen) atoms. The number of aliphatic hydroxyl groups excluding tert-OH is 4. The van der Waals surface area contributed by atoms with Crippen molar-refractivity contribution in [2.24, 2.45) is 0 Å². The Hall–Kier alpha value is -1.42. The molecule has 1 rings (SSSR count). The largest absolute Gasteiger partial charge is 0.394 e. The van der Waals surface area contributed by atoms with Crippen molar-refractivity contribution in [3.8, 4) is 0 Å². The number of carbonyl (C=O) groups excluding carboxylic acids is 1. The van der Waals surface area contributed by atoms with Gasteiger partial charge in [0.15, 0.2) is 6.29 Å². The van der Waals surface area contributed by atoms with Crippen molar-refractivity contribution in [2.45, 2.75) is 37.6 Å². The monoisotopic (exact) mass is 263 g/mol. The lowest BCUT2D eigenvalue weighted by molar-refractivity contribution is -0.253. The summed E-state index contributed by atoms with van der Waals surface area (Å²) in [5, 5.41) is 39.4. The summed E-state index contributed by atoms with van der Waals surface area (Å²) in [5.74, 6) is -0.462. The van der Waals surface area contributed by atoms with Gasteiger partial charge in [-0.25, -0.2) is 0 Å². The summed E-state index contributed by atoms with van der Waals surface area (Å²) in [6, 6.07) is -1.10. The highest BCUT2D eigenvalue weighted by Crippen LogP contribution is 2.19. The van der Waals surface area contributed by atoms with Crippen LogP contribution in [0, 0.1) is 0 Å². The van der Waals surface area contributed by atoms with Gasteiger partial charge in [0.1, 0.15) is 24.4 Å². The Bertz CT molecular complexity index is 308. The Morgan fingerprint density at radius 2 is 1.83 bits per heavy atom. The van der Waals surface area contributed by atoms with E-state index in [2.05, 4.69) is 5.32 Å². The number of aliphatic hydroxyl groups is 4. The van der Waals surface area contributed by atoms with Crippen LogP contribution in [-0.4, -0.2) is 63.6 Å². The van der Waals surface area contributed by atoms with Gasteiger partial charge in [0, 0.05) is 6.92 Å². The molecule has 0 spiro atoms. The third-order valence-electron chi connectivity index (χ3n) is 2.27. The maximum absolute atomic E-state index is 10.7. The summed E-state index contributed by atoms with van der Waals surface area (Å²) in [6.07, 6.45) is -5.24. The smallest absolute Gasteiger partial charge is 0.217 e. The number of rotatable bonds is 2. The molecule has 0 bridgehead atoms. The predicted molar refractivity (Wildman–Crippen MR) is 57.7 cm³/mol. The Labute approximate surface area is 102 Å². The first kappa shape index (κ1) is 16.6. The normalized spacial score (nSPS) is 34.8. The average Bonchev–Trinajstić information content (AvgIpc) is 2.30. The van der Waals surface area contributed by atoms with Gasteiger partial charge in [-0.3, -0.25) is 9.71 Å². The average molecular weight is 263 g/mol. The molecule has 1 saturated heterocycles. The molecule has 1 fully saturated rings. The van der Waals surface area contributed by atoms with Gasteiger partial charge in [0.05, 0.1) is 6.61 Å². The van der Waals surface area contributed by atoms with Crippen LogP contribution in [0.15, 0.2) is 0 Å². The van der Waals surface area contributed by atoms with Crippen LogP contribution in [0.5, 0.6) is 0 Å². The number of hydrogen-bond donors (Lipinski definition) is 5. The lowest BCUT2D eigenvalue weighted by atomic mass is 9.97. The molecule has 5 N–H and O–H groups in total. The molecule has 10 nitrogen and oxygen atoms in total. The lowest BCUT2D eigenvalue weighted by Gasteiger charge is -2.40. The van der Waals surface area contributed by atoms with Crippen molar-refractivity contribution in [1.82, 2.24) is 5.32 Å². The molecule has 0 aromatic rings. The molecule has 0 aromatic carbocycles. The fourth-order valence-electron chi connectivity index (χ4n) is 1.49. The van der Waals surface area contributed by atoms with Crippen LogP contribution < -0.4 is 5.32 Å². The Balaban J connectivity index is 0.000000873. The van der Waals surface area contributed by atoms with Gasteiger partial charge in [-0.1, -0.05) is 0 Å². The van der Waals surface area contributed by atoms with Crippen LogP contribution in [0.1, 0.15) is 6.92 Å². The molecule has 0 saturated carbocycles. The van der Waals surface area contributed by atoms with E-state index in [1.165, 1.54) is 11.8 Å². The van der Waals surface area contributed by atoms with E-state index < -0.39 is 43.2 Å². The number of amides is 1. The van der Waals surface area contributed by atoms with E-state index in [0.717, 1.165) is 0 Å². The van der Waals surface area contributed by atoms with Crippen LogP contribution >= 0.6 is 0 Å². The molecule has 1 aliphatic heterocycles. The van der Waals surface area contributed by atoms with Crippen molar-refractivity contribution in [2.75, 3.05) is 6.61 Å². The van der Waals surface area contributed by atoms with Crippen LogP contribution in [0.2, 0.25) is 0 Å². The van der Waals surface area contributed by atoms with E-state index >= 15 is 0 Å². The van der Waals surface area contributed by atoms with E-state index in [1.54, 1.807) is 0 Å². The zero-order valence-electron chi connectivity index (χ0n) is 9.54. The van der Waals surface area contributed by atoms with Crippen molar-refractivity contribution < 1.29 is 30.0 Å². The summed E-state index contributed by atoms with van der Waals surface area (Å²) >= 11 is 0. The van der Waals surface area contributed by atoms with Crippen molar-refractivity contribution in [1.29, 1.82) is 0 Å². The summed E-state index contributed by atoms with van der Waals surface area (Å²) in [6.45, 7) is 0.687. The molecule has 1 unspecified atom stereocenters. The molecule has 104 valence electrons. The van der Waals surface area contributed by atoms with Gasteiger partial charge in [-0.2, -0.15) is 0 Å². The Morgan fingerprint density at radius 1 is 1.33 bits per heavy atom. The van der Waals surface area contributed by atoms with Gasteiger partial charge in [0.2, 0.25) is 5.91 Å². The maximum Gasteiger partial charge on any atom is 0.217 e. The molecule has 10 heteroatoms. The molecule has 0 radical (unpaired) electrons. The molecule has 1 aliphatic rings. The van der Waals surface area contributed by atoms with E-state index in [-0.39, 0.29) is 0 Å². The van der Waals surface area contributed by atoms with E-state index in [9.17, 15) is 20.1 Å². The third kappa shape index (κ3) is 4.45. The van der Waals surface area contributed by atoms with Crippen LogP contribution in [0.3, 0.4) is 0 Å². The number of nitrogens with zero attached hydrogens (tertiary/aromatic N) is 3. The second kappa shape index (κ2) is 7.82. The van der Waals surface area contributed by atoms with Gasteiger partial charge >= 0.3 is 0 Å². The van der Waals surface area contributed by atoms with E-state index in [1.807, 2.05) is 0 Å². The predicted octanol–water partition coefficient (Wildman–Crippen LogP) is -2.21. The van der Waals surface area contributed by atoms with Crippen molar-refractivity contribution in [3.05, 3.63) is 16.0 Å². The standard InChI is InChI=1S/C8H15NO6.N3/c1-3(11)9-5-7(13)6(12)4(2-10)15-8(5)14;1-3-2/h4-8,10,12-14H,2H2,1H3,(H,9,11);/q;-1/t4-,5-,6-,7-,8?;/m1./s1. The molecule has 1 heterocycles. The van der Waals surface area contributed by atoms with Gasteiger partial charge < -0.3 is 41.5 Å². The Kier molecular flexibility index (Phi) is 7.20. The van der Waals surface area contributed by atoms with Crippen LogP contribution in [-0.2, 0) is 9.53 Å². The number of nitrogens with one attached hydrogen (secondary N) is 1. The highest BCUT2D eigenvalue weighted by Gasteiger charge is 2.43. The first-order valence-electron chi connectivity index (χ1n) is 4.95. The minimum Gasteiger partial charge on any atom is -0.394 e. The fourth-order valence-corrected chi connectivity index (χ4v) is 1.49. The quantitative estimate of drug-likeness (QED) is 0.214. The summed E-state index contributed by atoms with van der Waals surface area (Å²) in [7, 11) is 0. The van der Waals surface area contributed by atoms with Crippen LogP contribution in [0.4, 0.5) is 0 Å². The number of carbonyl (C=O) groups is 1. The molecule has 0 aromatic heterocycles. The van der Waals surface area contributed by atoms with Gasteiger partial charge in [0.25, 0.3) is 0 Å². The zero-order valence-corrected chi connectivity index (χ0v) is 9.54. The van der Waals surface area contributed by atoms with Gasteiger partial charge in [-0.05, 0) is 0 Å². The zero-order chi connectivity index (χ0) is 14.3. The molecular formula is C8H15N4O6-.